The molecule has 2 N–H and O–H groups in total. The largest absolute Gasteiger partial charge is 0.343 e. The maximum absolute atomic E-state index is 12.5. The molecule has 6 heteroatoms. The molecule has 0 aliphatic rings. The van der Waals surface area contributed by atoms with Crippen molar-refractivity contribution in [1.29, 1.82) is 0 Å². The Morgan fingerprint density at radius 1 is 1.04 bits per heavy atom. The summed E-state index contributed by atoms with van der Waals surface area (Å²) in [7, 11) is 0. The minimum absolute atomic E-state index is 0.0383. The highest BCUT2D eigenvalue weighted by Crippen LogP contribution is 2.19. The first-order valence-electron chi connectivity index (χ1n) is 7.86. The van der Waals surface area contributed by atoms with Gasteiger partial charge in [0.25, 0.3) is 11.5 Å². The molecule has 0 aliphatic carbocycles. The first-order chi connectivity index (χ1) is 12.0. The third kappa shape index (κ3) is 3.63. The van der Waals surface area contributed by atoms with Crippen LogP contribution in [0.4, 0.5) is 0 Å². The second kappa shape index (κ2) is 6.68. The van der Waals surface area contributed by atoms with E-state index in [1.165, 1.54) is 6.20 Å². The predicted molar refractivity (Wildman–Crippen MR) is 95.0 cm³/mol. The molecule has 0 radical (unpaired) electrons. The monoisotopic (exact) mass is 334 g/mol. The van der Waals surface area contributed by atoms with Crippen molar-refractivity contribution in [3.05, 3.63) is 82.4 Å². The first kappa shape index (κ1) is 16.6. The number of rotatable bonds is 4. The molecule has 25 heavy (non-hydrogen) atoms. The van der Waals surface area contributed by atoms with Gasteiger partial charge in [-0.05, 0) is 31.5 Å². The van der Waals surface area contributed by atoms with Gasteiger partial charge in [-0.25, -0.2) is 4.98 Å². The summed E-state index contributed by atoms with van der Waals surface area (Å²) in [5, 5.41) is 2.87. The summed E-state index contributed by atoms with van der Waals surface area (Å²) in [4.78, 5) is 35.7. The Morgan fingerprint density at radius 3 is 2.40 bits per heavy atom. The zero-order valence-electron chi connectivity index (χ0n) is 14.0. The molecule has 1 amide bonds. The summed E-state index contributed by atoms with van der Waals surface area (Å²) in [6, 6.07) is 14.9. The van der Waals surface area contributed by atoms with Crippen LogP contribution in [0.2, 0.25) is 0 Å². The van der Waals surface area contributed by atoms with E-state index in [2.05, 4.69) is 20.3 Å². The summed E-state index contributed by atoms with van der Waals surface area (Å²) < 4.78 is 0. The average molecular weight is 334 g/mol. The van der Waals surface area contributed by atoms with Crippen molar-refractivity contribution in [3.8, 4) is 11.5 Å². The Balaban J connectivity index is 1.85. The van der Waals surface area contributed by atoms with Gasteiger partial charge in [0.1, 0.15) is 11.3 Å². The summed E-state index contributed by atoms with van der Waals surface area (Å²) in [5.74, 6) is -0.153. The number of nitrogens with zero attached hydrogens (tertiary/aromatic N) is 2. The Hall–Kier alpha value is -3.28. The number of H-pyrrole nitrogens is 1. The standard InChI is InChI=1S/C19H18N4O2/c1-19(2,13-8-4-3-5-9-13)23-18(25)14-12-21-16(22-17(14)24)15-10-6-7-11-20-15/h3-12H,1-2H3,(H,23,25)(H,21,22,24). The van der Waals surface area contributed by atoms with Crippen LogP contribution in [0.3, 0.4) is 0 Å². The van der Waals surface area contributed by atoms with E-state index in [9.17, 15) is 9.59 Å². The zero-order valence-corrected chi connectivity index (χ0v) is 14.0. The fourth-order valence-electron chi connectivity index (χ4n) is 2.47. The van der Waals surface area contributed by atoms with E-state index >= 15 is 0 Å². The molecule has 0 spiro atoms. The maximum Gasteiger partial charge on any atom is 0.264 e. The maximum atomic E-state index is 12.5. The molecule has 2 aromatic heterocycles. The second-order valence-corrected chi connectivity index (χ2v) is 6.13. The van der Waals surface area contributed by atoms with Crippen LogP contribution in [0.5, 0.6) is 0 Å². The molecule has 0 bridgehead atoms. The van der Waals surface area contributed by atoms with E-state index < -0.39 is 17.0 Å². The molecule has 6 nitrogen and oxygen atoms in total. The molecule has 3 aromatic rings. The summed E-state index contributed by atoms with van der Waals surface area (Å²) in [5.41, 5.74) is 0.319. The number of hydrogen-bond donors (Lipinski definition) is 2. The lowest BCUT2D eigenvalue weighted by Crippen LogP contribution is -2.42. The van der Waals surface area contributed by atoms with Crippen molar-refractivity contribution in [2.45, 2.75) is 19.4 Å². The minimum Gasteiger partial charge on any atom is -0.343 e. The molecule has 0 fully saturated rings. The molecular weight excluding hydrogens is 316 g/mol. The minimum atomic E-state index is -0.621. The normalized spacial score (nSPS) is 11.1. The number of carbonyl (C=O) groups is 1. The van der Waals surface area contributed by atoms with E-state index in [-0.39, 0.29) is 5.56 Å². The lowest BCUT2D eigenvalue weighted by molar-refractivity contribution is 0.0910. The van der Waals surface area contributed by atoms with Crippen LogP contribution in [-0.2, 0) is 5.54 Å². The van der Waals surface area contributed by atoms with Crippen LogP contribution < -0.4 is 10.9 Å². The quantitative estimate of drug-likeness (QED) is 0.767. The van der Waals surface area contributed by atoms with E-state index in [0.29, 0.717) is 11.5 Å². The SMILES string of the molecule is CC(C)(NC(=O)c1cnc(-c2ccccn2)[nH]c1=O)c1ccccc1. The smallest absolute Gasteiger partial charge is 0.264 e. The number of nitrogens with one attached hydrogen (secondary N) is 2. The lowest BCUT2D eigenvalue weighted by atomic mass is 9.94. The van der Waals surface area contributed by atoms with Crippen LogP contribution >= 0.6 is 0 Å². The molecule has 0 saturated heterocycles. The molecular formula is C19H18N4O2. The molecule has 2 heterocycles. The van der Waals surface area contributed by atoms with E-state index in [0.717, 1.165) is 5.56 Å². The van der Waals surface area contributed by atoms with Crippen molar-refractivity contribution in [1.82, 2.24) is 20.3 Å². The molecule has 0 atom stereocenters. The van der Waals surface area contributed by atoms with Gasteiger partial charge in [-0.15, -0.1) is 0 Å². The molecule has 1 aromatic carbocycles. The molecule has 0 aliphatic heterocycles. The third-order valence-electron chi connectivity index (χ3n) is 3.87. The second-order valence-electron chi connectivity index (χ2n) is 6.13. The van der Waals surface area contributed by atoms with Gasteiger partial charge < -0.3 is 10.3 Å². The number of benzene rings is 1. The summed E-state index contributed by atoms with van der Waals surface area (Å²) in [6.45, 7) is 3.76. The average Bonchev–Trinajstić information content (AvgIpc) is 2.62. The Kier molecular flexibility index (Phi) is 4.43. The molecule has 0 saturated carbocycles. The summed E-state index contributed by atoms with van der Waals surface area (Å²) >= 11 is 0. The van der Waals surface area contributed by atoms with Crippen molar-refractivity contribution in [2.24, 2.45) is 0 Å². The van der Waals surface area contributed by atoms with Crippen molar-refractivity contribution < 1.29 is 4.79 Å². The number of aromatic amines is 1. The van der Waals surface area contributed by atoms with Gasteiger partial charge in [0, 0.05) is 12.4 Å². The Morgan fingerprint density at radius 2 is 1.76 bits per heavy atom. The van der Waals surface area contributed by atoms with Crippen molar-refractivity contribution in [2.75, 3.05) is 0 Å². The van der Waals surface area contributed by atoms with Gasteiger partial charge in [-0.2, -0.15) is 0 Å². The van der Waals surface area contributed by atoms with Gasteiger partial charge in [-0.1, -0.05) is 36.4 Å². The topological polar surface area (TPSA) is 87.7 Å². The van der Waals surface area contributed by atoms with Gasteiger partial charge in [0.05, 0.1) is 5.54 Å². The van der Waals surface area contributed by atoms with Gasteiger partial charge in [0.2, 0.25) is 0 Å². The van der Waals surface area contributed by atoms with E-state index in [4.69, 9.17) is 0 Å². The highest BCUT2D eigenvalue weighted by Gasteiger charge is 2.24. The van der Waals surface area contributed by atoms with Crippen LogP contribution in [0.1, 0.15) is 29.8 Å². The summed E-state index contributed by atoms with van der Waals surface area (Å²) in [6.07, 6.45) is 2.89. The van der Waals surface area contributed by atoms with Crippen LogP contribution in [0.25, 0.3) is 11.5 Å². The Labute approximate surface area is 145 Å². The molecule has 3 rings (SSSR count). The Bertz CT molecular complexity index is 934. The van der Waals surface area contributed by atoms with E-state index in [1.807, 2.05) is 44.2 Å². The highest BCUT2D eigenvalue weighted by atomic mass is 16.2. The number of carbonyl (C=O) groups excluding carboxylic acids is 1. The van der Waals surface area contributed by atoms with E-state index in [1.54, 1.807) is 24.4 Å². The predicted octanol–water partition coefficient (Wildman–Crippen LogP) is 2.50. The fraction of sp³-hybridized carbons (Fsp3) is 0.158. The molecule has 126 valence electrons. The first-order valence-corrected chi connectivity index (χ1v) is 7.86. The van der Waals surface area contributed by atoms with Gasteiger partial charge in [0.15, 0.2) is 5.82 Å². The zero-order chi connectivity index (χ0) is 17.9. The number of pyridine rings is 1. The number of aromatic nitrogens is 3. The van der Waals surface area contributed by atoms with Crippen LogP contribution in [0, 0.1) is 0 Å². The molecule has 0 unspecified atom stereocenters. The third-order valence-corrected chi connectivity index (χ3v) is 3.87. The van der Waals surface area contributed by atoms with Gasteiger partial charge >= 0.3 is 0 Å². The van der Waals surface area contributed by atoms with Crippen LogP contribution in [0.15, 0.2) is 65.7 Å². The van der Waals surface area contributed by atoms with Gasteiger partial charge in [-0.3, -0.25) is 14.6 Å². The van der Waals surface area contributed by atoms with Crippen molar-refractivity contribution >= 4 is 5.91 Å². The van der Waals surface area contributed by atoms with Crippen LogP contribution in [-0.4, -0.2) is 20.9 Å². The highest BCUT2D eigenvalue weighted by molar-refractivity contribution is 5.94. The van der Waals surface area contributed by atoms with Crippen molar-refractivity contribution in [3.63, 3.8) is 0 Å². The number of amides is 1. The number of hydrogen-bond acceptors (Lipinski definition) is 4. The lowest BCUT2D eigenvalue weighted by Gasteiger charge is -2.26. The fourth-order valence-corrected chi connectivity index (χ4v) is 2.47.